The van der Waals surface area contributed by atoms with Gasteiger partial charge in [0.1, 0.15) is 12.1 Å². The van der Waals surface area contributed by atoms with Gasteiger partial charge in [-0.1, -0.05) is 67.4 Å². The molecule has 2 aromatic carbocycles. The third kappa shape index (κ3) is 7.53. The summed E-state index contributed by atoms with van der Waals surface area (Å²) in [5, 5.41) is 6.04. The molecule has 2 amide bonds. The predicted octanol–water partition coefficient (Wildman–Crippen LogP) is 4.43. The molecule has 32 heavy (non-hydrogen) atoms. The van der Waals surface area contributed by atoms with E-state index in [2.05, 4.69) is 10.6 Å². The topological polar surface area (TPSA) is 84.5 Å². The van der Waals surface area contributed by atoms with Crippen molar-refractivity contribution in [2.75, 3.05) is 0 Å². The van der Waals surface area contributed by atoms with Crippen molar-refractivity contribution >= 4 is 41.0 Å². The van der Waals surface area contributed by atoms with Crippen molar-refractivity contribution in [1.29, 1.82) is 0 Å². The van der Waals surface area contributed by atoms with Crippen molar-refractivity contribution in [3.05, 3.63) is 69.7 Å². The number of ether oxygens (including phenoxy) is 1. The minimum absolute atomic E-state index is 0.236. The summed E-state index contributed by atoms with van der Waals surface area (Å²) >= 11 is 11.9. The zero-order valence-electron chi connectivity index (χ0n) is 18.5. The van der Waals surface area contributed by atoms with Crippen LogP contribution in [0, 0.1) is 5.92 Å². The van der Waals surface area contributed by atoms with Crippen LogP contribution < -0.4 is 10.6 Å². The first-order chi connectivity index (χ1) is 15.1. The van der Waals surface area contributed by atoms with Crippen molar-refractivity contribution in [3.8, 4) is 0 Å². The lowest BCUT2D eigenvalue weighted by Gasteiger charge is -2.25. The fraction of sp³-hybridized carbons (Fsp3) is 0.375. The molecule has 0 aliphatic heterocycles. The van der Waals surface area contributed by atoms with E-state index in [0.29, 0.717) is 5.02 Å². The van der Waals surface area contributed by atoms with Crippen molar-refractivity contribution in [2.45, 2.75) is 52.3 Å². The maximum absolute atomic E-state index is 13.1. The van der Waals surface area contributed by atoms with Gasteiger partial charge < -0.3 is 15.4 Å². The lowest BCUT2D eigenvalue weighted by atomic mass is 10.0. The van der Waals surface area contributed by atoms with Crippen molar-refractivity contribution in [2.24, 2.45) is 5.92 Å². The molecule has 0 aliphatic rings. The smallest absolute Gasteiger partial charge is 0.329 e. The van der Waals surface area contributed by atoms with E-state index in [9.17, 15) is 14.4 Å². The van der Waals surface area contributed by atoms with Gasteiger partial charge in [0, 0.05) is 12.0 Å². The van der Waals surface area contributed by atoms with Crippen molar-refractivity contribution < 1.29 is 19.1 Å². The second-order valence-corrected chi connectivity index (χ2v) is 8.87. The number of amides is 2. The van der Waals surface area contributed by atoms with E-state index in [1.807, 2.05) is 30.3 Å². The number of esters is 1. The van der Waals surface area contributed by atoms with Gasteiger partial charge in [-0.2, -0.15) is 0 Å². The van der Waals surface area contributed by atoms with Crippen LogP contribution in [0.25, 0.3) is 0 Å². The number of benzene rings is 2. The second kappa shape index (κ2) is 11.9. The molecule has 2 aromatic rings. The molecule has 172 valence electrons. The summed E-state index contributed by atoms with van der Waals surface area (Å²) in [5.41, 5.74) is 1.15. The zero-order chi connectivity index (χ0) is 23.8. The SMILES string of the molecule is CC(C)OC(=O)C(Cc1ccccc1)NC(=O)C(NC(=O)c1ccc(Cl)c(Cl)c1)C(C)C. The zero-order valence-corrected chi connectivity index (χ0v) is 20.0. The molecule has 0 radical (unpaired) electrons. The normalized spacial score (nSPS) is 12.9. The number of carbonyl (C=O) groups is 3. The Kier molecular flexibility index (Phi) is 9.54. The molecule has 2 N–H and O–H groups in total. The van der Waals surface area contributed by atoms with Gasteiger partial charge in [0.15, 0.2) is 0 Å². The Balaban J connectivity index is 2.18. The van der Waals surface area contributed by atoms with E-state index in [0.717, 1.165) is 5.56 Å². The summed E-state index contributed by atoms with van der Waals surface area (Å²) in [5.74, 6) is -1.72. The molecule has 0 aromatic heterocycles. The van der Waals surface area contributed by atoms with Crippen LogP contribution >= 0.6 is 23.2 Å². The molecule has 0 fully saturated rings. The van der Waals surface area contributed by atoms with Crippen LogP contribution in [-0.4, -0.2) is 36.0 Å². The summed E-state index contributed by atoms with van der Waals surface area (Å²) in [6.45, 7) is 7.09. The lowest BCUT2D eigenvalue weighted by Crippen LogP contribution is -2.54. The Morgan fingerprint density at radius 3 is 2.12 bits per heavy atom. The summed E-state index contributed by atoms with van der Waals surface area (Å²) in [4.78, 5) is 38.4. The highest BCUT2D eigenvalue weighted by atomic mass is 35.5. The highest BCUT2D eigenvalue weighted by Crippen LogP contribution is 2.22. The number of nitrogens with one attached hydrogen (secondary N) is 2. The van der Waals surface area contributed by atoms with Crippen LogP contribution in [0.3, 0.4) is 0 Å². The van der Waals surface area contributed by atoms with E-state index in [1.165, 1.54) is 18.2 Å². The number of rotatable bonds is 9. The van der Waals surface area contributed by atoms with E-state index < -0.39 is 29.9 Å². The summed E-state index contributed by atoms with van der Waals surface area (Å²) < 4.78 is 5.33. The van der Waals surface area contributed by atoms with E-state index in [4.69, 9.17) is 27.9 Å². The fourth-order valence-electron chi connectivity index (χ4n) is 3.02. The Hall–Kier alpha value is -2.57. The highest BCUT2D eigenvalue weighted by molar-refractivity contribution is 6.42. The van der Waals surface area contributed by atoms with Crippen LogP contribution in [-0.2, 0) is 20.7 Å². The van der Waals surface area contributed by atoms with Gasteiger partial charge in [0.05, 0.1) is 16.1 Å². The fourth-order valence-corrected chi connectivity index (χ4v) is 3.31. The van der Waals surface area contributed by atoms with Crippen molar-refractivity contribution in [3.63, 3.8) is 0 Å². The summed E-state index contributed by atoms with van der Waals surface area (Å²) in [6.07, 6.45) is -0.0584. The average molecular weight is 479 g/mol. The van der Waals surface area contributed by atoms with Gasteiger partial charge in [-0.3, -0.25) is 9.59 Å². The maximum Gasteiger partial charge on any atom is 0.329 e. The molecule has 0 saturated carbocycles. The standard InChI is InChI=1S/C24H28Cl2N2O4/c1-14(2)21(28-22(29)17-10-11-18(25)19(26)13-17)23(30)27-20(24(31)32-15(3)4)12-16-8-6-5-7-9-16/h5-11,13-15,20-21H,12H2,1-4H3,(H,27,30)(H,28,29). The number of hydrogen-bond acceptors (Lipinski definition) is 4. The molecule has 2 unspecified atom stereocenters. The highest BCUT2D eigenvalue weighted by Gasteiger charge is 2.30. The van der Waals surface area contributed by atoms with Crippen LogP contribution in [0.5, 0.6) is 0 Å². The Morgan fingerprint density at radius 1 is 0.906 bits per heavy atom. The molecule has 6 nitrogen and oxygen atoms in total. The average Bonchev–Trinajstić information content (AvgIpc) is 2.73. The molecule has 0 spiro atoms. The molecule has 0 aliphatic carbocycles. The van der Waals surface area contributed by atoms with Gasteiger partial charge in [-0.05, 0) is 43.5 Å². The Labute approximate surface area is 198 Å². The first-order valence-electron chi connectivity index (χ1n) is 10.4. The molecular weight excluding hydrogens is 451 g/mol. The summed E-state index contributed by atoms with van der Waals surface area (Å²) in [7, 11) is 0. The van der Waals surface area contributed by atoms with Gasteiger partial charge in [-0.25, -0.2) is 4.79 Å². The maximum atomic E-state index is 13.1. The van der Waals surface area contributed by atoms with Gasteiger partial charge in [0.25, 0.3) is 5.91 Å². The van der Waals surface area contributed by atoms with Gasteiger partial charge >= 0.3 is 5.97 Å². The summed E-state index contributed by atoms with van der Waals surface area (Å²) in [6, 6.07) is 12.0. The van der Waals surface area contributed by atoms with Crippen LogP contribution in [0.15, 0.2) is 48.5 Å². The van der Waals surface area contributed by atoms with Crippen LogP contribution in [0.4, 0.5) is 0 Å². The third-order valence-corrected chi connectivity index (χ3v) is 5.39. The van der Waals surface area contributed by atoms with E-state index in [-0.39, 0.29) is 29.0 Å². The number of halogens is 2. The Bertz CT molecular complexity index is 948. The van der Waals surface area contributed by atoms with E-state index in [1.54, 1.807) is 27.7 Å². The van der Waals surface area contributed by atoms with Gasteiger partial charge in [0.2, 0.25) is 5.91 Å². The minimum atomic E-state index is -0.893. The first kappa shape index (κ1) is 25.7. The quantitative estimate of drug-likeness (QED) is 0.522. The lowest BCUT2D eigenvalue weighted by molar-refractivity contribution is -0.151. The number of carbonyl (C=O) groups excluding carboxylic acids is 3. The minimum Gasteiger partial charge on any atom is -0.461 e. The molecule has 8 heteroatoms. The van der Waals surface area contributed by atoms with Crippen LogP contribution in [0.2, 0.25) is 10.0 Å². The van der Waals surface area contributed by atoms with E-state index >= 15 is 0 Å². The van der Waals surface area contributed by atoms with Crippen molar-refractivity contribution in [1.82, 2.24) is 10.6 Å². The monoisotopic (exact) mass is 478 g/mol. The molecular formula is C24H28Cl2N2O4. The molecule has 2 rings (SSSR count). The molecule has 2 atom stereocenters. The Morgan fingerprint density at radius 2 is 1.56 bits per heavy atom. The largest absolute Gasteiger partial charge is 0.461 e. The molecule has 0 bridgehead atoms. The van der Waals surface area contributed by atoms with Gasteiger partial charge in [-0.15, -0.1) is 0 Å². The molecule has 0 saturated heterocycles. The number of hydrogen-bond donors (Lipinski definition) is 2. The first-order valence-corrected chi connectivity index (χ1v) is 11.1. The third-order valence-electron chi connectivity index (χ3n) is 4.65. The predicted molar refractivity (Wildman–Crippen MR) is 126 cm³/mol. The second-order valence-electron chi connectivity index (χ2n) is 8.06. The van der Waals surface area contributed by atoms with Crippen LogP contribution in [0.1, 0.15) is 43.6 Å². The molecule has 0 heterocycles.